The molecule has 0 bridgehead atoms. The Bertz CT molecular complexity index is 802. The van der Waals surface area contributed by atoms with Crippen molar-refractivity contribution in [2.24, 2.45) is 0 Å². The van der Waals surface area contributed by atoms with E-state index < -0.39 is 16.0 Å². The molecule has 0 heterocycles. The van der Waals surface area contributed by atoms with E-state index in [2.05, 4.69) is 4.72 Å². The zero-order chi connectivity index (χ0) is 15.6. The van der Waals surface area contributed by atoms with Crippen LogP contribution in [0.2, 0.25) is 5.02 Å². The van der Waals surface area contributed by atoms with Crippen molar-refractivity contribution < 1.29 is 18.3 Å². The Morgan fingerprint density at radius 1 is 1.19 bits per heavy atom. The van der Waals surface area contributed by atoms with Crippen molar-refractivity contribution in [2.75, 3.05) is 4.72 Å². The van der Waals surface area contributed by atoms with Crippen LogP contribution >= 0.6 is 11.6 Å². The lowest BCUT2D eigenvalue weighted by atomic mass is 10.2. The van der Waals surface area contributed by atoms with Gasteiger partial charge >= 0.3 is 5.97 Å². The van der Waals surface area contributed by atoms with Crippen LogP contribution in [-0.2, 0) is 10.0 Å². The number of rotatable bonds is 4. The second kappa shape index (κ2) is 5.75. The van der Waals surface area contributed by atoms with Crippen LogP contribution in [0, 0.1) is 6.92 Å². The summed E-state index contributed by atoms with van der Waals surface area (Å²) in [6, 6.07) is 10.2. The lowest BCUT2D eigenvalue weighted by Gasteiger charge is -2.10. The molecular weight excluding hydrogens is 314 g/mol. The fraction of sp³-hybridized carbons (Fsp3) is 0.0714. The molecule has 0 aliphatic rings. The Labute approximate surface area is 127 Å². The van der Waals surface area contributed by atoms with Gasteiger partial charge in [0.1, 0.15) is 0 Å². The number of aromatic carboxylic acids is 1. The first-order valence-electron chi connectivity index (χ1n) is 5.92. The highest BCUT2D eigenvalue weighted by molar-refractivity contribution is 7.92. The van der Waals surface area contributed by atoms with Gasteiger partial charge in [0.2, 0.25) is 0 Å². The predicted octanol–water partition coefficient (Wildman–Crippen LogP) is 3.15. The van der Waals surface area contributed by atoms with Crippen molar-refractivity contribution in [1.82, 2.24) is 0 Å². The molecule has 0 radical (unpaired) electrons. The van der Waals surface area contributed by atoms with E-state index in [9.17, 15) is 13.2 Å². The van der Waals surface area contributed by atoms with Crippen molar-refractivity contribution >= 4 is 33.3 Å². The van der Waals surface area contributed by atoms with Gasteiger partial charge in [0.15, 0.2) is 0 Å². The molecule has 2 N–H and O–H groups in total. The van der Waals surface area contributed by atoms with E-state index in [4.69, 9.17) is 16.7 Å². The normalized spacial score (nSPS) is 11.1. The molecule has 0 aliphatic heterocycles. The quantitative estimate of drug-likeness (QED) is 0.904. The zero-order valence-electron chi connectivity index (χ0n) is 11.0. The molecule has 0 saturated carbocycles. The molecule has 110 valence electrons. The number of carbonyl (C=O) groups is 1. The fourth-order valence-electron chi connectivity index (χ4n) is 1.72. The number of anilines is 1. The first kappa shape index (κ1) is 15.3. The molecule has 5 nitrogen and oxygen atoms in total. The Hall–Kier alpha value is -2.05. The zero-order valence-corrected chi connectivity index (χ0v) is 12.6. The molecule has 0 unspecified atom stereocenters. The molecule has 0 atom stereocenters. The lowest BCUT2D eigenvalue weighted by Crippen LogP contribution is -2.13. The van der Waals surface area contributed by atoms with Gasteiger partial charge < -0.3 is 5.11 Å². The van der Waals surface area contributed by atoms with Crippen LogP contribution < -0.4 is 4.72 Å². The largest absolute Gasteiger partial charge is 0.478 e. The summed E-state index contributed by atoms with van der Waals surface area (Å²) in [6.07, 6.45) is 0. The third kappa shape index (κ3) is 3.53. The summed E-state index contributed by atoms with van der Waals surface area (Å²) in [5.74, 6) is -1.13. The molecule has 2 aromatic rings. The van der Waals surface area contributed by atoms with E-state index in [1.807, 2.05) is 0 Å². The third-order valence-electron chi connectivity index (χ3n) is 2.76. The maximum absolute atomic E-state index is 12.2. The lowest BCUT2D eigenvalue weighted by molar-refractivity contribution is 0.0697. The first-order chi connectivity index (χ1) is 9.79. The van der Waals surface area contributed by atoms with Gasteiger partial charge in [-0.1, -0.05) is 23.7 Å². The number of hydrogen-bond donors (Lipinski definition) is 2. The average Bonchev–Trinajstić information content (AvgIpc) is 2.40. The highest BCUT2D eigenvalue weighted by Crippen LogP contribution is 2.26. The Morgan fingerprint density at radius 2 is 1.90 bits per heavy atom. The maximum atomic E-state index is 12.2. The average molecular weight is 326 g/mol. The van der Waals surface area contributed by atoms with Gasteiger partial charge in [-0.3, -0.25) is 4.72 Å². The van der Waals surface area contributed by atoms with Crippen molar-refractivity contribution in [3.63, 3.8) is 0 Å². The van der Waals surface area contributed by atoms with Crippen LogP contribution in [-0.4, -0.2) is 19.5 Å². The van der Waals surface area contributed by atoms with Crippen LogP contribution in [0.5, 0.6) is 0 Å². The molecule has 2 rings (SSSR count). The monoisotopic (exact) mass is 325 g/mol. The van der Waals surface area contributed by atoms with Crippen LogP contribution in [0.1, 0.15) is 15.9 Å². The van der Waals surface area contributed by atoms with E-state index in [0.29, 0.717) is 0 Å². The van der Waals surface area contributed by atoms with Gasteiger partial charge in [0.05, 0.1) is 21.2 Å². The first-order valence-corrected chi connectivity index (χ1v) is 7.78. The summed E-state index contributed by atoms with van der Waals surface area (Å²) >= 11 is 5.91. The summed E-state index contributed by atoms with van der Waals surface area (Å²) in [5.41, 5.74) is 0.923. The molecule has 0 saturated heterocycles. The molecule has 0 fully saturated rings. The topological polar surface area (TPSA) is 83.5 Å². The summed E-state index contributed by atoms with van der Waals surface area (Å²) in [4.78, 5) is 10.9. The van der Waals surface area contributed by atoms with E-state index in [1.54, 1.807) is 19.1 Å². The van der Waals surface area contributed by atoms with Crippen molar-refractivity contribution in [3.05, 3.63) is 58.6 Å². The molecule has 0 aromatic heterocycles. The van der Waals surface area contributed by atoms with Crippen LogP contribution in [0.25, 0.3) is 0 Å². The van der Waals surface area contributed by atoms with Gasteiger partial charge in [-0.05, 0) is 42.8 Å². The van der Waals surface area contributed by atoms with Gasteiger partial charge in [-0.25, -0.2) is 13.2 Å². The summed E-state index contributed by atoms with van der Waals surface area (Å²) < 4.78 is 26.8. The number of aryl methyl sites for hydroxylation is 1. The minimum absolute atomic E-state index is 0.0153. The van der Waals surface area contributed by atoms with Crippen LogP contribution in [0.15, 0.2) is 47.4 Å². The van der Waals surface area contributed by atoms with E-state index in [1.165, 1.54) is 30.3 Å². The number of halogens is 1. The van der Waals surface area contributed by atoms with E-state index >= 15 is 0 Å². The SMILES string of the molecule is Cc1cccc(S(=O)(=O)Nc2ccc(C(=O)O)cc2Cl)c1. The van der Waals surface area contributed by atoms with E-state index in [0.717, 1.165) is 5.56 Å². The standard InChI is InChI=1S/C14H12ClNO4S/c1-9-3-2-4-11(7-9)21(19,20)16-13-6-5-10(14(17)18)8-12(13)15/h2-8,16H,1H3,(H,17,18). The van der Waals surface area contributed by atoms with E-state index in [-0.39, 0.29) is 21.2 Å². The summed E-state index contributed by atoms with van der Waals surface area (Å²) in [6.45, 7) is 1.79. The molecule has 0 aliphatic carbocycles. The van der Waals surface area contributed by atoms with Gasteiger partial charge in [0, 0.05) is 0 Å². The number of benzene rings is 2. The van der Waals surface area contributed by atoms with Gasteiger partial charge in [0.25, 0.3) is 10.0 Å². The van der Waals surface area contributed by atoms with Crippen molar-refractivity contribution in [3.8, 4) is 0 Å². The number of hydrogen-bond acceptors (Lipinski definition) is 3. The number of sulfonamides is 1. The molecular formula is C14H12ClNO4S. The number of carboxylic acids is 1. The Balaban J connectivity index is 2.35. The highest BCUT2D eigenvalue weighted by Gasteiger charge is 2.16. The van der Waals surface area contributed by atoms with Gasteiger partial charge in [-0.15, -0.1) is 0 Å². The fourth-order valence-corrected chi connectivity index (χ4v) is 3.19. The minimum Gasteiger partial charge on any atom is -0.478 e. The minimum atomic E-state index is -3.77. The summed E-state index contributed by atoms with van der Waals surface area (Å²) in [5, 5.41) is 8.86. The van der Waals surface area contributed by atoms with Gasteiger partial charge in [-0.2, -0.15) is 0 Å². The Morgan fingerprint density at radius 3 is 2.48 bits per heavy atom. The third-order valence-corrected chi connectivity index (χ3v) is 4.44. The summed E-state index contributed by atoms with van der Waals surface area (Å²) in [7, 11) is -3.77. The number of nitrogens with one attached hydrogen (secondary N) is 1. The molecule has 7 heteroatoms. The highest BCUT2D eigenvalue weighted by atomic mass is 35.5. The van der Waals surface area contributed by atoms with Crippen molar-refractivity contribution in [1.29, 1.82) is 0 Å². The predicted molar refractivity (Wildman–Crippen MR) is 80.4 cm³/mol. The maximum Gasteiger partial charge on any atom is 0.335 e. The molecule has 0 amide bonds. The smallest absolute Gasteiger partial charge is 0.335 e. The second-order valence-corrected chi connectivity index (χ2v) is 6.51. The van der Waals surface area contributed by atoms with Crippen LogP contribution in [0.4, 0.5) is 5.69 Å². The molecule has 21 heavy (non-hydrogen) atoms. The Kier molecular flexibility index (Phi) is 4.20. The molecule has 0 spiro atoms. The molecule has 2 aromatic carbocycles. The van der Waals surface area contributed by atoms with Crippen LogP contribution in [0.3, 0.4) is 0 Å². The van der Waals surface area contributed by atoms with Crippen molar-refractivity contribution in [2.45, 2.75) is 11.8 Å². The second-order valence-electron chi connectivity index (χ2n) is 4.42. The number of carboxylic acid groups (broad SMARTS) is 1.